The molecular formula is C32H44O10. The predicted octanol–water partition coefficient (Wildman–Crippen LogP) is 4.07. The molecular weight excluding hydrogens is 544 g/mol. The van der Waals surface area contributed by atoms with Crippen molar-refractivity contribution in [2.75, 3.05) is 92.5 Å². The maximum atomic E-state index is 12.5. The van der Waals surface area contributed by atoms with Crippen molar-refractivity contribution in [1.29, 1.82) is 0 Å². The third kappa shape index (κ3) is 9.20. The summed E-state index contributed by atoms with van der Waals surface area (Å²) in [5.41, 5.74) is 1.19. The monoisotopic (exact) mass is 588 g/mol. The lowest BCUT2D eigenvalue weighted by Crippen LogP contribution is -2.45. The number of ether oxygens (including phenoxy) is 8. The first kappa shape index (κ1) is 32.3. The molecule has 0 atom stereocenters. The van der Waals surface area contributed by atoms with Crippen LogP contribution in [0.4, 0.5) is 0 Å². The molecule has 10 nitrogen and oxygen atoms in total. The van der Waals surface area contributed by atoms with Gasteiger partial charge in [-0.1, -0.05) is 26.0 Å². The van der Waals surface area contributed by atoms with E-state index in [4.69, 9.17) is 37.9 Å². The molecule has 0 aliphatic carbocycles. The van der Waals surface area contributed by atoms with E-state index in [-0.39, 0.29) is 24.0 Å². The third-order valence-electron chi connectivity index (χ3n) is 7.93. The largest absolute Gasteiger partial charge is 0.460 e. The highest BCUT2D eigenvalue weighted by Gasteiger charge is 2.37. The Bertz CT molecular complexity index is 1040. The Morgan fingerprint density at radius 1 is 0.595 bits per heavy atom. The smallest absolute Gasteiger partial charge is 0.338 e. The van der Waals surface area contributed by atoms with Gasteiger partial charge in [0.15, 0.2) is 0 Å². The Balaban J connectivity index is 1.07. The molecule has 0 saturated carbocycles. The summed E-state index contributed by atoms with van der Waals surface area (Å²) in [5, 5.41) is 1.63. The van der Waals surface area contributed by atoms with Gasteiger partial charge in [-0.15, -0.1) is 0 Å². The van der Waals surface area contributed by atoms with Gasteiger partial charge < -0.3 is 37.9 Å². The van der Waals surface area contributed by atoms with Gasteiger partial charge in [0.25, 0.3) is 0 Å². The molecule has 10 heteroatoms. The zero-order valence-electron chi connectivity index (χ0n) is 24.9. The lowest BCUT2D eigenvalue weighted by atomic mass is 9.84. The van der Waals surface area contributed by atoms with E-state index in [1.165, 1.54) is 0 Å². The zero-order valence-corrected chi connectivity index (χ0v) is 24.9. The molecule has 0 unspecified atom stereocenters. The Kier molecular flexibility index (Phi) is 12.5. The van der Waals surface area contributed by atoms with Crippen molar-refractivity contribution in [2.45, 2.75) is 26.7 Å². The van der Waals surface area contributed by atoms with Crippen LogP contribution in [0, 0.1) is 10.8 Å². The standard InChI is InChI=1S/C32H44O10/c1-3-31(21-39-22-31)19-37-11-9-35-13-15-41-29(33)27-7-5-26-18-28(8-6-25(26)17-27)30(34)42-16-14-36-10-12-38-20-32(4-2)23-40-24-32/h5-8,17-18H,3-4,9-16,19-24H2,1-2H3. The normalized spacial score (nSPS) is 16.9. The second-order valence-electron chi connectivity index (χ2n) is 11.1. The van der Waals surface area contributed by atoms with Crippen LogP contribution in [0.25, 0.3) is 10.8 Å². The fourth-order valence-corrected chi connectivity index (χ4v) is 4.63. The van der Waals surface area contributed by atoms with Crippen LogP contribution in [0.5, 0.6) is 0 Å². The molecule has 2 heterocycles. The van der Waals surface area contributed by atoms with Gasteiger partial charge in [-0.3, -0.25) is 0 Å². The molecule has 4 rings (SSSR count). The van der Waals surface area contributed by atoms with E-state index in [1.54, 1.807) is 36.4 Å². The van der Waals surface area contributed by atoms with E-state index < -0.39 is 11.9 Å². The minimum Gasteiger partial charge on any atom is -0.460 e. The van der Waals surface area contributed by atoms with Crippen molar-refractivity contribution in [3.05, 3.63) is 47.5 Å². The molecule has 0 radical (unpaired) electrons. The van der Waals surface area contributed by atoms with Crippen LogP contribution in [0.3, 0.4) is 0 Å². The summed E-state index contributed by atoms with van der Waals surface area (Å²) in [4.78, 5) is 24.9. The molecule has 0 N–H and O–H groups in total. The maximum absolute atomic E-state index is 12.5. The number of hydrogen-bond donors (Lipinski definition) is 0. The summed E-state index contributed by atoms with van der Waals surface area (Å²) in [6, 6.07) is 10.4. The van der Waals surface area contributed by atoms with Gasteiger partial charge in [0.2, 0.25) is 0 Å². The molecule has 2 aromatic carbocycles. The highest BCUT2D eigenvalue weighted by atomic mass is 16.6. The average molecular weight is 589 g/mol. The molecule has 2 fully saturated rings. The zero-order chi connectivity index (χ0) is 29.7. The highest BCUT2D eigenvalue weighted by molar-refractivity contribution is 5.99. The molecule has 0 aromatic heterocycles. The van der Waals surface area contributed by atoms with Crippen molar-refractivity contribution in [1.82, 2.24) is 0 Å². The molecule has 42 heavy (non-hydrogen) atoms. The molecule has 2 aliphatic rings. The van der Waals surface area contributed by atoms with E-state index in [1.807, 2.05) is 0 Å². The lowest BCUT2D eigenvalue weighted by molar-refractivity contribution is -0.153. The summed E-state index contributed by atoms with van der Waals surface area (Å²) >= 11 is 0. The predicted molar refractivity (Wildman–Crippen MR) is 155 cm³/mol. The van der Waals surface area contributed by atoms with Gasteiger partial charge in [-0.25, -0.2) is 9.59 Å². The average Bonchev–Trinajstić information content (AvgIpc) is 2.97. The summed E-state index contributed by atoms with van der Waals surface area (Å²) < 4.78 is 43.7. The first-order chi connectivity index (χ1) is 20.5. The van der Waals surface area contributed by atoms with E-state index in [2.05, 4.69) is 13.8 Å². The molecule has 0 amide bonds. The summed E-state index contributed by atoms with van der Waals surface area (Å²) in [5.74, 6) is -0.857. The second-order valence-corrected chi connectivity index (χ2v) is 11.1. The Hall–Kier alpha value is -2.60. The summed E-state index contributed by atoms with van der Waals surface area (Å²) in [6.45, 7) is 11.4. The van der Waals surface area contributed by atoms with Crippen LogP contribution >= 0.6 is 0 Å². The minimum absolute atomic E-state index is 0.153. The number of carbonyl (C=O) groups excluding carboxylic acids is 2. The first-order valence-corrected chi connectivity index (χ1v) is 14.8. The number of carbonyl (C=O) groups is 2. The number of hydrogen-bond acceptors (Lipinski definition) is 10. The molecule has 2 saturated heterocycles. The van der Waals surface area contributed by atoms with Crippen LogP contribution in [0.1, 0.15) is 47.4 Å². The summed E-state index contributed by atoms with van der Waals surface area (Å²) in [6.07, 6.45) is 2.08. The number of rotatable bonds is 20. The molecule has 232 valence electrons. The lowest BCUT2D eigenvalue weighted by Gasteiger charge is -2.40. The fourth-order valence-electron chi connectivity index (χ4n) is 4.63. The third-order valence-corrected chi connectivity index (χ3v) is 7.93. The minimum atomic E-state index is -0.428. The van der Waals surface area contributed by atoms with E-state index in [9.17, 15) is 9.59 Å². The molecule has 0 spiro atoms. The maximum Gasteiger partial charge on any atom is 0.338 e. The van der Waals surface area contributed by atoms with Crippen LogP contribution in [0.15, 0.2) is 36.4 Å². The van der Waals surface area contributed by atoms with Crippen LogP contribution in [0.2, 0.25) is 0 Å². The number of esters is 2. The topological polar surface area (TPSA) is 108 Å². The van der Waals surface area contributed by atoms with E-state index in [0.717, 1.165) is 50.0 Å². The first-order valence-electron chi connectivity index (χ1n) is 14.8. The van der Waals surface area contributed by atoms with Gasteiger partial charge in [0.05, 0.1) is 90.4 Å². The molecule has 2 aromatic rings. The molecule has 0 bridgehead atoms. The Labute approximate surface area is 247 Å². The Morgan fingerprint density at radius 2 is 0.976 bits per heavy atom. The number of benzene rings is 2. The van der Waals surface area contributed by atoms with Crippen molar-refractivity contribution in [3.8, 4) is 0 Å². The fraction of sp³-hybridized carbons (Fsp3) is 0.625. The van der Waals surface area contributed by atoms with E-state index in [0.29, 0.717) is 64.0 Å². The molecule has 2 aliphatic heterocycles. The van der Waals surface area contributed by atoms with Crippen molar-refractivity contribution in [3.63, 3.8) is 0 Å². The van der Waals surface area contributed by atoms with Gasteiger partial charge in [-0.2, -0.15) is 0 Å². The van der Waals surface area contributed by atoms with Gasteiger partial charge in [-0.05, 0) is 47.9 Å². The van der Waals surface area contributed by atoms with Crippen molar-refractivity contribution < 1.29 is 47.5 Å². The SMILES string of the molecule is CCC1(COCCOCCOC(=O)c2ccc3cc(C(=O)OCCOCCOCC4(CC)COC4)ccc3c2)COC1. The summed E-state index contributed by atoms with van der Waals surface area (Å²) in [7, 11) is 0. The van der Waals surface area contributed by atoms with Crippen molar-refractivity contribution in [2.24, 2.45) is 10.8 Å². The quantitative estimate of drug-likeness (QED) is 0.166. The van der Waals surface area contributed by atoms with Gasteiger partial charge >= 0.3 is 11.9 Å². The van der Waals surface area contributed by atoms with Gasteiger partial charge in [0, 0.05) is 10.8 Å². The highest BCUT2D eigenvalue weighted by Crippen LogP contribution is 2.32. The number of fused-ring (bicyclic) bond motifs is 1. The van der Waals surface area contributed by atoms with Crippen LogP contribution in [-0.4, -0.2) is 104 Å². The van der Waals surface area contributed by atoms with Crippen LogP contribution in [-0.2, 0) is 37.9 Å². The second kappa shape index (κ2) is 16.3. The van der Waals surface area contributed by atoms with Crippen molar-refractivity contribution >= 4 is 22.7 Å². The van der Waals surface area contributed by atoms with Gasteiger partial charge in [0.1, 0.15) is 13.2 Å². The van der Waals surface area contributed by atoms with E-state index >= 15 is 0 Å². The van der Waals surface area contributed by atoms with Crippen LogP contribution < -0.4 is 0 Å². The Morgan fingerprint density at radius 3 is 1.33 bits per heavy atom.